The lowest BCUT2D eigenvalue weighted by molar-refractivity contribution is 0.0687. The molecule has 2 aromatic rings. The second kappa shape index (κ2) is 6.86. The molecule has 2 heterocycles. The van der Waals surface area contributed by atoms with Gasteiger partial charge in [0.05, 0.1) is 17.2 Å². The highest BCUT2D eigenvalue weighted by Crippen LogP contribution is 2.28. The van der Waals surface area contributed by atoms with E-state index in [1.54, 1.807) is 22.1 Å². The molecule has 3 rings (SSSR count). The van der Waals surface area contributed by atoms with Gasteiger partial charge in [-0.15, -0.1) is 17.9 Å². The fourth-order valence-electron chi connectivity index (χ4n) is 3.36. The monoisotopic (exact) mass is 346 g/mol. The highest BCUT2D eigenvalue weighted by atomic mass is 32.1. The third-order valence-electron chi connectivity index (χ3n) is 4.53. The van der Waals surface area contributed by atoms with E-state index >= 15 is 0 Å². The molecule has 1 aliphatic carbocycles. The summed E-state index contributed by atoms with van der Waals surface area (Å²) in [5.41, 5.74) is 3.18. The molecule has 1 N–H and O–H groups in total. The Morgan fingerprint density at radius 1 is 1.62 bits per heavy atom. The molecule has 0 fully saturated rings. The van der Waals surface area contributed by atoms with Crippen LogP contribution in [0.1, 0.15) is 38.9 Å². The van der Waals surface area contributed by atoms with Crippen LogP contribution in [0.15, 0.2) is 18.0 Å². The summed E-state index contributed by atoms with van der Waals surface area (Å²) in [6.07, 6.45) is 4.30. The molecule has 0 amide bonds. The minimum Gasteiger partial charge on any atom is -0.476 e. The average molecular weight is 346 g/mol. The Kier molecular flexibility index (Phi) is 4.82. The average Bonchev–Trinajstić information content (AvgIpc) is 3.11. The molecular formula is C17H22N4O2S. The molecule has 0 saturated carbocycles. The summed E-state index contributed by atoms with van der Waals surface area (Å²) in [5.74, 6) is -0.951. The zero-order valence-corrected chi connectivity index (χ0v) is 14.8. The summed E-state index contributed by atoms with van der Waals surface area (Å²) in [7, 11) is 2.08. The van der Waals surface area contributed by atoms with Gasteiger partial charge in [-0.1, -0.05) is 6.08 Å². The van der Waals surface area contributed by atoms with Crippen molar-refractivity contribution in [2.45, 2.75) is 45.3 Å². The van der Waals surface area contributed by atoms with Gasteiger partial charge in [-0.3, -0.25) is 9.58 Å². The number of rotatable bonds is 6. The van der Waals surface area contributed by atoms with Crippen LogP contribution in [-0.2, 0) is 25.9 Å². The topological polar surface area (TPSA) is 71.2 Å². The fourth-order valence-corrected chi connectivity index (χ4v) is 3.96. The third-order valence-corrected chi connectivity index (χ3v) is 5.35. The number of allylic oxidation sites excluding steroid dienone is 1. The lowest BCUT2D eigenvalue weighted by atomic mass is 9.90. The zero-order valence-electron chi connectivity index (χ0n) is 14.0. The Morgan fingerprint density at radius 2 is 2.42 bits per heavy atom. The number of nitrogens with zero attached hydrogens (tertiary/aromatic N) is 4. The van der Waals surface area contributed by atoms with Crippen molar-refractivity contribution in [3.05, 3.63) is 45.7 Å². The Labute approximate surface area is 145 Å². The molecule has 2 aromatic heterocycles. The molecule has 1 aliphatic rings. The van der Waals surface area contributed by atoms with Crippen molar-refractivity contribution < 1.29 is 9.90 Å². The second-order valence-electron chi connectivity index (χ2n) is 6.22. The first-order valence-corrected chi connectivity index (χ1v) is 8.91. The maximum absolute atomic E-state index is 11.5. The van der Waals surface area contributed by atoms with Gasteiger partial charge < -0.3 is 5.11 Å². The van der Waals surface area contributed by atoms with Crippen LogP contribution in [0.2, 0.25) is 0 Å². The van der Waals surface area contributed by atoms with Gasteiger partial charge in [0, 0.05) is 29.2 Å². The van der Waals surface area contributed by atoms with Crippen LogP contribution in [0.4, 0.5) is 0 Å². The zero-order chi connectivity index (χ0) is 17.3. The van der Waals surface area contributed by atoms with Gasteiger partial charge in [-0.05, 0) is 33.2 Å². The highest BCUT2D eigenvalue weighted by Gasteiger charge is 2.30. The van der Waals surface area contributed by atoms with Crippen LogP contribution >= 0.6 is 11.3 Å². The van der Waals surface area contributed by atoms with Crippen molar-refractivity contribution in [1.29, 1.82) is 0 Å². The van der Waals surface area contributed by atoms with Gasteiger partial charge >= 0.3 is 5.97 Å². The third kappa shape index (κ3) is 3.27. The standard InChI is InChI=1S/C17H22N4O2S/c1-4-7-21-15-6-5-13(8-14(15)16(19-21)17(22)23)20(3)9-12-10-24-11(2)18-12/h4,10,13H,1,5-9H2,2-3H3,(H,22,23). The molecule has 0 radical (unpaired) electrons. The molecule has 0 spiro atoms. The molecule has 0 aliphatic heterocycles. The molecule has 0 bridgehead atoms. The van der Waals surface area contributed by atoms with Crippen LogP contribution in [0.5, 0.6) is 0 Å². The van der Waals surface area contributed by atoms with Crippen LogP contribution in [0.3, 0.4) is 0 Å². The number of aromatic carboxylic acids is 1. The summed E-state index contributed by atoms with van der Waals surface area (Å²) < 4.78 is 1.78. The molecule has 0 saturated heterocycles. The van der Waals surface area contributed by atoms with Crippen molar-refractivity contribution in [3.8, 4) is 0 Å². The Morgan fingerprint density at radius 3 is 3.04 bits per heavy atom. The Balaban J connectivity index is 1.80. The number of aryl methyl sites for hydroxylation is 1. The molecular weight excluding hydrogens is 324 g/mol. The number of carboxylic acids is 1. The van der Waals surface area contributed by atoms with E-state index in [0.717, 1.165) is 41.3 Å². The maximum atomic E-state index is 11.5. The lowest BCUT2D eigenvalue weighted by Gasteiger charge is -2.31. The number of carboxylic acid groups (broad SMARTS) is 1. The van der Waals surface area contributed by atoms with E-state index in [9.17, 15) is 9.90 Å². The van der Waals surface area contributed by atoms with E-state index in [1.807, 2.05) is 6.92 Å². The summed E-state index contributed by atoms with van der Waals surface area (Å²) in [6.45, 7) is 7.07. The normalized spacial score (nSPS) is 17.0. The van der Waals surface area contributed by atoms with Crippen LogP contribution in [0, 0.1) is 6.92 Å². The predicted molar refractivity (Wildman–Crippen MR) is 93.5 cm³/mol. The number of aromatic nitrogens is 3. The first kappa shape index (κ1) is 16.9. The van der Waals surface area contributed by atoms with E-state index in [0.29, 0.717) is 19.0 Å². The van der Waals surface area contributed by atoms with Gasteiger partial charge in [-0.25, -0.2) is 9.78 Å². The van der Waals surface area contributed by atoms with Crippen molar-refractivity contribution in [3.63, 3.8) is 0 Å². The largest absolute Gasteiger partial charge is 0.476 e. The smallest absolute Gasteiger partial charge is 0.356 e. The van der Waals surface area contributed by atoms with Gasteiger partial charge in [0.15, 0.2) is 5.69 Å². The molecule has 6 nitrogen and oxygen atoms in total. The highest BCUT2D eigenvalue weighted by molar-refractivity contribution is 7.09. The number of fused-ring (bicyclic) bond motifs is 1. The summed E-state index contributed by atoms with van der Waals surface area (Å²) >= 11 is 1.66. The quantitative estimate of drug-likeness (QED) is 0.814. The van der Waals surface area contributed by atoms with Gasteiger partial charge in [0.1, 0.15) is 0 Å². The van der Waals surface area contributed by atoms with E-state index in [4.69, 9.17) is 0 Å². The van der Waals surface area contributed by atoms with Gasteiger partial charge in [0.25, 0.3) is 0 Å². The first-order chi connectivity index (χ1) is 11.5. The summed E-state index contributed by atoms with van der Waals surface area (Å²) in [6, 6.07) is 0.305. The number of hydrogen-bond donors (Lipinski definition) is 1. The summed E-state index contributed by atoms with van der Waals surface area (Å²) in [5, 5.41) is 16.9. The minimum atomic E-state index is -0.951. The van der Waals surface area contributed by atoms with E-state index in [-0.39, 0.29) is 5.69 Å². The van der Waals surface area contributed by atoms with E-state index < -0.39 is 5.97 Å². The predicted octanol–water partition coefficient (Wildman–Crippen LogP) is 2.52. The fraction of sp³-hybridized carbons (Fsp3) is 0.471. The molecule has 24 heavy (non-hydrogen) atoms. The van der Waals surface area contributed by atoms with E-state index in [2.05, 4.69) is 34.0 Å². The maximum Gasteiger partial charge on any atom is 0.356 e. The minimum absolute atomic E-state index is 0.189. The van der Waals surface area contributed by atoms with E-state index in [1.165, 1.54) is 0 Å². The number of likely N-dealkylation sites (N-methyl/N-ethyl adjacent to an activating group) is 1. The lowest BCUT2D eigenvalue weighted by Crippen LogP contribution is -2.36. The molecule has 1 atom stereocenters. The first-order valence-electron chi connectivity index (χ1n) is 8.03. The van der Waals surface area contributed by atoms with Crippen LogP contribution in [0.25, 0.3) is 0 Å². The molecule has 1 unspecified atom stereocenters. The molecule has 7 heteroatoms. The Bertz CT molecular complexity index is 765. The second-order valence-corrected chi connectivity index (χ2v) is 7.28. The van der Waals surface area contributed by atoms with Crippen molar-refractivity contribution >= 4 is 17.3 Å². The van der Waals surface area contributed by atoms with Crippen molar-refractivity contribution in [1.82, 2.24) is 19.7 Å². The van der Waals surface area contributed by atoms with Gasteiger partial charge in [-0.2, -0.15) is 5.10 Å². The number of hydrogen-bond acceptors (Lipinski definition) is 5. The molecule has 128 valence electrons. The molecule has 0 aromatic carbocycles. The Hall–Kier alpha value is -1.99. The number of thiazole rings is 1. The number of carbonyl (C=O) groups is 1. The summed E-state index contributed by atoms with van der Waals surface area (Å²) in [4.78, 5) is 18.3. The van der Waals surface area contributed by atoms with Crippen molar-refractivity contribution in [2.75, 3.05) is 7.05 Å². The van der Waals surface area contributed by atoms with Gasteiger partial charge in [0.2, 0.25) is 0 Å². The SMILES string of the molecule is C=CCn1nc(C(=O)O)c2c1CCC(N(C)Cc1csc(C)n1)C2. The van der Waals surface area contributed by atoms with Crippen LogP contribution in [-0.4, -0.2) is 43.8 Å². The van der Waals surface area contributed by atoms with Crippen LogP contribution < -0.4 is 0 Å². The van der Waals surface area contributed by atoms with Crippen molar-refractivity contribution in [2.24, 2.45) is 0 Å².